The molecule has 0 saturated carbocycles. The van der Waals surface area contributed by atoms with E-state index < -0.39 is 5.97 Å². The Kier molecular flexibility index (Phi) is 5.96. The fourth-order valence-corrected chi connectivity index (χ4v) is 1.79. The first-order valence-electron chi connectivity index (χ1n) is 6.32. The summed E-state index contributed by atoms with van der Waals surface area (Å²) >= 11 is 0. The summed E-state index contributed by atoms with van der Waals surface area (Å²) in [4.78, 5) is 25.4. The Morgan fingerprint density at radius 3 is 2.30 bits per heavy atom. The average molecular weight is 282 g/mol. The van der Waals surface area contributed by atoms with E-state index in [1.165, 1.54) is 21.9 Å². The number of urea groups is 1. The van der Waals surface area contributed by atoms with Crippen LogP contribution in [0, 0.1) is 5.82 Å². The highest BCUT2D eigenvalue weighted by Gasteiger charge is 2.14. The van der Waals surface area contributed by atoms with Gasteiger partial charge in [0.15, 0.2) is 0 Å². The zero-order valence-corrected chi connectivity index (χ0v) is 11.7. The average Bonchev–Trinajstić information content (AvgIpc) is 2.39. The largest absolute Gasteiger partial charge is 0.481 e. The molecule has 110 valence electrons. The van der Waals surface area contributed by atoms with Crippen LogP contribution in [-0.2, 0) is 11.3 Å². The van der Waals surface area contributed by atoms with Gasteiger partial charge in [-0.3, -0.25) is 4.79 Å². The molecular weight excluding hydrogens is 263 g/mol. The van der Waals surface area contributed by atoms with E-state index in [4.69, 9.17) is 5.11 Å². The fraction of sp³-hybridized carbons (Fsp3) is 0.429. The van der Waals surface area contributed by atoms with E-state index in [9.17, 15) is 14.0 Å². The molecule has 6 heteroatoms. The van der Waals surface area contributed by atoms with Crippen molar-refractivity contribution in [1.82, 2.24) is 9.80 Å². The molecule has 1 rings (SSSR count). The van der Waals surface area contributed by atoms with Gasteiger partial charge in [0.2, 0.25) is 0 Å². The predicted octanol–water partition coefficient (Wildman–Crippen LogP) is 2.17. The maximum absolute atomic E-state index is 12.8. The number of aliphatic carboxylic acids is 1. The lowest BCUT2D eigenvalue weighted by molar-refractivity contribution is -0.137. The standard InChI is InChI=1S/C14H19FN2O3/c1-16(9-3-4-13(18)19)14(20)17(2)10-11-5-7-12(15)8-6-11/h5-8H,3-4,9-10H2,1-2H3,(H,18,19). The van der Waals surface area contributed by atoms with Crippen molar-refractivity contribution in [2.75, 3.05) is 20.6 Å². The van der Waals surface area contributed by atoms with Crippen molar-refractivity contribution >= 4 is 12.0 Å². The van der Waals surface area contributed by atoms with Crippen molar-refractivity contribution in [3.8, 4) is 0 Å². The van der Waals surface area contributed by atoms with Gasteiger partial charge in [0.05, 0.1) is 0 Å². The van der Waals surface area contributed by atoms with E-state index in [0.29, 0.717) is 19.5 Å². The van der Waals surface area contributed by atoms with Crippen LogP contribution in [0.1, 0.15) is 18.4 Å². The Hall–Kier alpha value is -2.11. The second-order valence-electron chi connectivity index (χ2n) is 4.68. The molecule has 1 N–H and O–H groups in total. The summed E-state index contributed by atoms with van der Waals surface area (Å²) in [5.74, 6) is -1.18. The highest BCUT2D eigenvalue weighted by Crippen LogP contribution is 2.07. The van der Waals surface area contributed by atoms with Crippen LogP contribution in [0.3, 0.4) is 0 Å². The Labute approximate surface area is 117 Å². The van der Waals surface area contributed by atoms with Gasteiger partial charge >= 0.3 is 12.0 Å². The van der Waals surface area contributed by atoms with Gasteiger partial charge in [-0.25, -0.2) is 9.18 Å². The zero-order chi connectivity index (χ0) is 15.1. The number of carboxylic acids is 1. The molecule has 1 aromatic rings. The van der Waals surface area contributed by atoms with Gasteiger partial charge in [0, 0.05) is 33.6 Å². The minimum atomic E-state index is -0.870. The van der Waals surface area contributed by atoms with Gasteiger partial charge in [-0.1, -0.05) is 12.1 Å². The summed E-state index contributed by atoms with van der Waals surface area (Å²) in [7, 11) is 3.28. The van der Waals surface area contributed by atoms with E-state index in [0.717, 1.165) is 5.56 Å². The van der Waals surface area contributed by atoms with Crippen LogP contribution in [0.25, 0.3) is 0 Å². The molecule has 0 radical (unpaired) electrons. The summed E-state index contributed by atoms with van der Waals surface area (Å²) in [6, 6.07) is 5.77. The van der Waals surface area contributed by atoms with Gasteiger partial charge in [0.25, 0.3) is 0 Å². The molecule has 0 spiro atoms. The minimum absolute atomic E-state index is 0.0410. The number of hydrogen-bond acceptors (Lipinski definition) is 2. The van der Waals surface area contributed by atoms with E-state index in [-0.39, 0.29) is 18.3 Å². The van der Waals surface area contributed by atoms with Gasteiger partial charge in [0.1, 0.15) is 5.82 Å². The van der Waals surface area contributed by atoms with Gasteiger partial charge in [-0.05, 0) is 24.1 Å². The number of carbonyl (C=O) groups excluding carboxylic acids is 1. The van der Waals surface area contributed by atoms with E-state index in [1.807, 2.05) is 0 Å². The predicted molar refractivity (Wildman–Crippen MR) is 72.8 cm³/mol. The van der Waals surface area contributed by atoms with E-state index in [2.05, 4.69) is 0 Å². The van der Waals surface area contributed by atoms with Gasteiger partial charge in [-0.15, -0.1) is 0 Å². The molecule has 1 aromatic carbocycles. The molecule has 0 atom stereocenters. The fourth-order valence-electron chi connectivity index (χ4n) is 1.79. The number of carbonyl (C=O) groups is 2. The lowest BCUT2D eigenvalue weighted by Crippen LogP contribution is -2.38. The topological polar surface area (TPSA) is 60.9 Å². The number of hydrogen-bond donors (Lipinski definition) is 1. The van der Waals surface area contributed by atoms with Crippen LogP contribution >= 0.6 is 0 Å². The summed E-state index contributed by atoms with van der Waals surface area (Å²) in [6.07, 6.45) is 0.460. The second kappa shape index (κ2) is 7.47. The molecule has 0 saturated heterocycles. The molecule has 2 amide bonds. The van der Waals surface area contributed by atoms with Gasteiger partial charge in [-0.2, -0.15) is 0 Å². The smallest absolute Gasteiger partial charge is 0.319 e. The van der Waals surface area contributed by atoms with Crippen molar-refractivity contribution in [2.24, 2.45) is 0 Å². The van der Waals surface area contributed by atoms with E-state index >= 15 is 0 Å². The zero-order valence-electron chi connectivity index (χ0n) is 11.7. The van der Waals surface area contributed by atoms with Crippen LogP contribution in [0.4, 0.5) is 9.18 Å². The minimum Gasteiger partial charge on any atom is -0.481 e. The van der Waals surface area contributed by atoms with Crippen LogP contribution in [-0.4, -0.2) is 47.5 Å². The summed E-state index contributed by atoms with van der Waals surface area (Å²) in [6.45, 7) is 0.765. The maximum atomic E-state index is 12.8. The molecule has 0 aromatic heterocycles. The van der Waals surface area contributed by atoms with Crippen molar-refractivity contribution in [1.29, 1.82) is 0 Å². The van der Waals surface area contributed by atoms with Crippen LogP contribution in [0.5, 0.6) is 0 Å². The summed E-state index contributed by atoms with van der Waals surface area (Å²) < 4.78 is 12.8. The summed E-state index contributed by atoms with van der Waals surface area (Å²) in [5.41, 5.74) is 0.834. The Bertz CT molecular complexity index is 462. The number of rotatable bonds is 6. The van der Waals surface area contributed by atoms with Crippen LogP contribution in [0.15, 0.2) is 24.3 Å². The SMILES string of the molecule is CN(CCCC(=O)O)C(=O)N(C)Cc1ccc(F)cc1. The van der Waals surface area contributed by atoms with Crippen LogP contribution in [0.2, 0.25) is 0 Å². The third-order valence-corrected chi connectivity index (χ3v) is 2.87. The first-order valence-corrected chi connectivity index (χ1v) is 6.32. The lowest BCUT2D eigenvalue weighted by Gasteiger charge is -2.24. The van der Waals surface area contributed by atoms with Crippen molar-refractivity contribution in [3.63, 3.8) is 0 Å². The number of carboxylic acid groups (broad SMARTS) is 1. The van der Waals surface area contributed by atoms with Gasteiger partial charge < -0.3 is 14.9 Å². The molecule has 0 unspecified atom stereocenters. The molecule has 0 aliphatic rings. The first-order chi connectivity index (χ1) is 9.40. The molecule has 0 aliphatic carbocycles. The number of nitrogens with zero attached hydrogens (tertiary/aromatic N) is 2. The Morgan fingerprint density at radius 1 is 1.15 bits per heavy atom. The molecule has 0 heterocycles. The lowest BCUT2D eigenvalue weighted by atomic mass is 10.2. The van der Waals surface area contributed by atoms with Crippen molar-refractivity contribution in [2.45, 2.75) is 19.4 Å². The molecule has 5 nitrogen and oxygen atoms in total. The number of halogens is 1. The third-order valence-electron chi connectivity index (χ3n) is 2.87. The Balaban J connectivity index is 2.45. The quantitative estimate of drug-likeness (QED) is 0.870. The normalized spacial score (nSPS) is 10.2. The molecule has 0 fully saturated rings. The van der Waals surface area contributed by atoms with Crippen molar-refractivity contribution < 1.29 is 19.1 Å². The molecule has 0 aliphatic heterocycles. The number of benzene rings is 1. The van der Waals surface area contributed by atoms with E-state index in [1.54, 1.807) is 26.2 Å². The molecular formula is C14H19FN2O3. The highest BCUT2D eigenvalue weighted by atomic mass is 19.1. The van der Waals surface area contributed by atoms with Crippen molar-refractivity contribution in [3.05, 3.63) is 35.6 Å². The number of amides is 2. The maximum Gasteiger partial charge on any atom is 0.319 e. The molecule has 0 bridgehead atoms. The summed E-state index contributed by atoms with van der Waals surface area (Å²) in [5, 5.41) is 8.55. The Morgan fingerprint density at radius 2 is 1.75 bits per heavy atom. The third kappa shape index (κ3) is 5.26. The monoisotopic (exact) mass is 282 g/mol. The van der Waals surface area contributed by atoms with Crippen LogP contribution < -0.4 is 0 Å². The first kappa shape index (κ1) is 15.9. The second-order valence-corrected chi connectivity index (χ2v) is 4.68. The molecule has 20 heavy (non-hydrogen) atoms. The highest BCUT2D eigenvalue weighted by molar-refractivity contribution is 5.74.